The molecular formula is C17H19NO3. The van der Waals surface area contributed by atoms with E-state index in [1.165, 1.54) is 0 Å². The van der Waals surface area contributed by atoms with Crippen molar-refractivity contribution in [3.8, 4) is 11.5 Å². The van der Waals surface area contributed by atoms with Gasteiger partial charge < -0.3 is 14.8 Å². The zero-order valence-corrected chi connectivity index (χ0v) is 12.0. The van der Waals surface area contributed by atoms with Crippen LogP contribution in [0.5, 0.6) is 11.5 Å². The molecule has 0 fully saturated rings. The lowest BCUT2D eigenvalue weighted by Gasteiger charge is -2.12. The fourth-order valence-corrected chi connectivity index (χ4v) is 1.76. The first-order valence-electron chi connectivity index (χ1n) is 6.99. The largest absolute Gasteiger partial charge is 0.491 e. The lowest BCUT2D eigenvalue weighted by Crippen LogP contribution is -2.20. The van der Waals surface area contributed by atoms with Crippen LogP contribution in [0.15, 0.2) is 54.6 Å². The van der Waals surface area contributed by atoms with Crippen LogP contribution in [0.4, 0.5) is 5.69 Å². The van der Waals surface area contributed by atoms with Gasteiger partial charge in [0.1, 0.15) is 11.5 Å². The van der Waals surface area contributed by atoms with Gasteiger partial charge in [-0.2, -0.15) is 0 Å². The van der Waals surface area contributed by atoms with Crippen LogP contribution in [-0.4, -0.2) is 19.1 Å². The van der Waals surface area contributed by atoms with Crippen molar-refractivity contribution in [2.24, 2.45) is 0 Å². The van der Waals surface area contributed by atoms with Gasteiger partial charge in [0.25, 0.3) is 5.91 Å². The normalized spacial score (nSPS) is 9.95. The highest BCUT2D eigenvalue weighted by Gasteiger charge is 2.08. The van der Waals surface area contributed by atoms with Gasteiger partial charge in [0.05, 0.1) is 12.3 Å². The molecule has 110 valence electrons. The van der Waals surface area contributed by atoms with E-state index in [1.54, 1.807) is 0 Å². The molecule has 0 atom stereocenters. The molecule has 2 aromatic carbocycles. The van der Waals surface area contributed by atoms with Crippen molar-refractivity contribution in [1.29, 1.82) is 0 Å². The van der Waals surface area contributed by atoms with Crippen LogP contribution in [0.3, 0.4) is 0 Å². The minimum atomic E-state index is -0.216. The maximum absolute atomic E-state index is 11.9. The molecule has 0 aliphatic carbocycles. The average Bonchev–Trinajstić information content (AvgIpc) is 2.53. The summed E-state index contributed by atoms with van der Waals surface area (Å²) in [6.45, 7) is 2.62. The van der Waals surface area contributed by atoms with E-state index in [1.807, 2.05) is 61.5 Å². The van der Waals surface area contributed by atoms with Gasteiger partial charge in [0, 0.05) is 0 Å². The van der Waals surface area contributed by atoms with Crippen molar-refractivity contribution < 1.29 is 14.3 Å². The Kier molecular flexibility index (Phi) is 5.64. The first-order valence-corrected chi connectivity index (χ1v) is 6.99. The van der Waals surface area contributed by atoms with Crippen LogP contribution in [0.25, 0.3) is 0 Å². The zero-order chi connectivity index (χ0) is 14.9. The molecule has 0 aliphatic rings. The van der Waals surface area contributed by atoms with Crippen molar-refractivity contribution in [2.45, 2.75) is 13.3 Å². The molecule has 1 N–H and O–H groups in total. The van der Waals surface area contributed by atoms with Gasteiger partial charge in [-0.3, -0.25) is 4.79 Å². The SMILES string of the molecule is CCCOc1ccccc1NC(=O)COc1ccccc1. The monoisotopic (exact) mass is 285 g/mol. The first kappa shape index (κ1) is 14.9. The number of anilines is 1. The van der Waals surface area contributed by atoms with E-state index < -0.39 is 0 Å². The number of ether oxygens (including phenoxy) is 2. The zero-order valence-electron chi connectivity index (χ0n) is 12.0. The Morgan fingerprint density at radius 2 is 1.71 bits per heavy atom. The second-order valence-corrected chi connectivity index (χ2v) is 4.49. The van der Waals surface area contributed by atoms with E-state index in [-0.39, 0.29) is 12.5 Å². The van der Waals surface area contributed by atoms with Crippen LogP contribution in [0.1, 0.15) is 13.3 Å². The maximum Gasteiger partial charge on any atom is 0.262 e. The molecule has 0 aromatic heterocycles. The van der Waals surface area contributed by atoms with Crippen molar-refractivity contribution in [3.63, 3.8) is 0 Å². The standard InChI is InChI=1S/C17H19NO3/c1-2-12-20-16-11-7-6-10-15(16)18-17(19)13-21-14-8-4-3-5-9-14/h3-11H,2,12-13H2,1H3,(H,18,19). The van der Waals surface area contributed by atoms with Crippen molar-refractivity contribution >= 4 is 11.6 Å². The summed E-state index contributed by atoms with van der Waals surface area (Å²) < 4.78 is 11.0. The number of hydrogen-bond donors (Lipinski definition) is 1. The van der Waals surface area contributed by atoms with Crippen LogP contribution >= 0.6 is 0 Å². The minimum Gasteiger partial charge on any atom is -0.491 e. The number of amides is 1. The molecule has 0 radical (unpaired) electrons. The van der Waals surface area contributed by atoms with E-state index in [4.69, 9.17) is 9.47 Å². The molecule has 1 amide bonds. The number of para-hydroxylation sites is 3. The fraction of sp³-hybridized carbons (Fsp3) is 0.235. The molecule has 0 aliphatic heterocycles. The minimum absolute atomic E-state index is 0.0356. The third-order valence-electron chi connectivity index (χ3n) is 2.74. The van der Waals surface area contributed by atoms with Crippen LogP contribution < -0.4 is 14.8 Å². The molecule has 0 saturated carbocycles. The Balaban J connectivity index is 1.90. The summed E-state index contributed by atoms with van der Waals surface area (Å²) in [5, 5.41) is 2.80. The summed E-state index contributed by atoms with van der Waals surface area (Å²) >= 11 is 0. The highest BCUT2D eigenvalue weighted by Crippen LogP contribution is 2.23. The Morgan fingerprint density at radius 1 is 1.00 bits per heavy atom. The lowest BCUT2D eigenvalue weighted by atomic mass is 10.3. The summed E-state index contributed by atoms with van der Waals surface area (Å²) in [7, 11) is 0. The predicted octanol–water partition coefficient (Wildman–Crippen LogP) is 3.49. The smallest absolute Gasteiger partial charge is 0.262 e. The maximum atomic E-state index is 11.9. The van der Waals surface area contributed by atoms with Gasteiger partial charge in [-0.25, -0.2) is 0 Å². The number of hydrogen-bond acceptors (Lipinski definition) is 3. The second kappa shape index (κ2) is 7.94. The molecule has 0 unspecified atom stereocenters. The third-order valence-corrected chi connectivity index (χ3v) is 2.74. The molecular weight excluding hydrogens is 266 g/mol. The topological polar surface area (TPSA) is 47.6 Å². The van der Waals surface area contributed by atoms with E-state index in [0.29, 0.717) is 23.8 Å². The van der Waals surface area contributed by atoms with E-state index in [9.17, 15) is 4.79 Å². The number of carbonyl (C=O) groups excluding carboxylic acids is 1. The van der Waals surface area contributed by atoms with Gasteiger partial charge in [-0.05, 0) is 30.7 Å². The van der Waals surface area contributed by atoms with Crippen LogP contribution in [0.2, 0.25) is 0 Å². The summed E-state index contributed by atoms with van der Waals surface area (Å²) in [6.07, 6.45) is 0.916. The summed E-state index contributed by atoms with van der Waals surface area (Å²) in [4.78, 5) is 11.9. The third kappa shape index (κ3) is 4.84. The van der Waals surface area contributed by atoms with Gasteiger partial charge in [0.2, 0.25) is 0 Å². The van der Waals surface area contributed by atoms with Crippen molar-refractivity contribution in [3.05, 3.63) is 54.6 Å². The molecule has 4 heteroatoms. The second-order valence-electron chi connectivity index (χ2n) is 4.49. The average molecular weight is 285 g/mol. The summed E-state index contributed by atoms with van der Waals surface area (Å²) in [5.74, 6) is 1.13. The molecule has 0 bridgehead atoms. The summed E-state index contributed by atoms with van der Waals surface area (Å²) in [6, 6.07) is 16.6. The molecule has 2 rings (SSSR count). The Bertz CT molecular complexity index is 569. The van der Waals surface area contributed by atoms with Crippen molar-refractivity contribution in [1.82, 2.24) is 0 Å². The number of rotatable bonds is 7. The number of carbonyl (C=O) groups is 1. The van der Waals surface area contributed by atoms with E-state index >= 15 is 0 Å². The first-order chi connectivity index (χ1) is 10.3. The molecule has 21 heavy (non-hydrogen) atoms. The molecule has 0 heterocycles. The number of nitrogens with one attached hydrogen (secondary N) is 1. The highest BCUT2D eigenvalue weighted by atomic mass is 16.5. The van der Waals surface area contributed by atoms with Crippen molar-refractivity contribution in [2.75, 3.05) is 18.5 Å². The highest BCUT2D eigenvalue weighted by molar-refractivity contribution is 5.93. The Labute approximate surface area is 124 Å². The fourth-order valence-electron chi connectivity index (χ4n) is 1.76. The quantitative estimate of drug-likeness (QED) is 0.847. The van der Waals surface area contributed by atoms with E-state index in [0.717, 1.165) is 6.42 Å². The van der Waals surface area contributed by atoms with Gasteiger partial charge in [-0.1, -0.05) is 37.3 Å². The van der Waals surface area contributed by atoms with Crippen LogP contribution in [-0.2, 0) is 4.79 Å². The molecule has 0 spiro atoms. The van der Waals surface area contributed by atoms with Crippen LogP contribution in [0, 0.1) is 0 Å². The lowest BCUT2D eigenvalue weighted by molar-refractivity contribution is -0.118. The van der Waals surface area contributed by atoms with Gasteiger partial charge >= 0.3 is 0 Å². The predicted molar refractivity (Wildman–Crippen MR) is 82.8 cm³/mol. The van der Waals surface area contributed by atoms with E-state index in [2.05, 4.69) is 5.32 Å². The van der Waals surface area contributed by atoms with Gasteiger partial charge in [0.15, 0.2) is 6.61 Å². The van der Waals surface area contributed by atoms with Gasteiger partial charge in [-0.15, -0.1) is 0 Å². The molecule has 0 saturated heterocycles. The summed E-state index contributed by atoms with van der Waals surface area (Å²) in [5.41, 5.74) is 0.660. The Hall–Kier alpha value is -2.49. The molecule has 4 nitrogen and oxygen atoms in total. The Morgan fingerprint density at radius 3 is 2.48 bits per heavy atom. The molecule has 2 aromatic rings. The number of benzene rings is 2.